The zero-order valence-corrected chi connectivity index (χ0v) is 28.9. The van der Waals surface area contributed by atoms with Crippen LogP contribution >= 0.6 is 0 Å². The summed E-state index contributed by atoms with van der Waals surface area (Å²) in [5, 5.41) is 10.9. The molecular weight excluding hydrogens is 584 g/mol. The lowest BCUT2D eigenvalue weighted by Gasteiger charge is -2.16. The molecule has 242 valence electrons. The Hall–Kier alpha value is -5.24. The van der Waals surface area contributed by atoms with Gasteiger partial charge in [-0.25, -0.2) is 0 Å². The highest BCUT2D eigenvalue weighted by atomic mass is 16.5. The smallest absolute Gasteiger partial charge is 0.212 e. The third-order valence-electron chi connectivity index (χ3n) is 9.15. The molecule has 4 aromatic carbocycles. The summed E-state index contributed by atoms with van der Waals surface area (Å²) in [6.45, 7) is 8.93. The van der Waals surface area contributed by atoms with Gasteiger partial charge in [-0.2, -0.15) is 19.4 Å². The van der Waals surface area contributed by atoms with Crippen molar-refractivity contribution < 1.29 is 18.6 Å². The van der Waals surface area contributed by atoms with Gasteiger partial charge >= 0.3 is 0 Å². The van der Waals surface area contributed by atoms with Crippen molar-refractivity contribution in [1.29, 1.82) is 0 Å². The maximum Gasteiger partial charge on any atom is 0.212 e. The van der Waals surface area contributed by atoms with Crippen LogP contribution in [-0.4, -0.2) is 68.4 Å². The van der Waals surface area contributed by atoms with Crippen LogP contribution in [0.1, 0.15) is 38.8 Å². The Kier molecular flexibility index (Phi) is 9.61. The largest absolute Gasteiger partial charge is 0.497 e. The summed E-state index contributed by atoms with van der Waals surface area (Å²) in [5.41, 5.74) is 12.4. The van der Waals surface area contributed by atoms with Crippen molar-refractivity contribution in [2.24, 2.45) is 10.2 Å². The Bertz CT molecular complexity index is 1850. The number of methoxy groups -OCH3 is 2. The fraction of sp³-hybridized carbons (Fsp3) is 0.282. The first kappa shape index (κ1) is 33.1. The Labute approximate surface area is 279 Å². The number of para-hydroxylation sites is 2. The Morgan fingerprint density at radius 1 is 0.638 bits per heavy atom. The summed E-state index contributed by atoms with van der Waals surface area (Å²) in [6.07, 6.45) is 3.87. The van der Waals surface area contributed by atoms with Gasteiger partial charge in [0.05, 0.1) is 36.4 Å². The molecule has 2 heterocycles. The van der Waals surface area contributed by atoms with E-state index < -0.39 is 0 Å². The molecule has 0 spiro atoms. The standard InChI is InChI=1S/C20H24N3O.C19H21N3O/c1-20(2)17-8-6-7-9-18(17)22(3)19(20)14-21-23(4)15-10-12-16(24-5)13-11-15;1-19(2)16-7-5-6-8-17(16)22(3)18(19)13-20-21-14-9-11-15(23-4)12-10-14/h6-14H,1-5H3;5-13H,1-4H3/q+1;/p+1. The van der Waals surface area contributed by atoms with E-state index in [9.17, 15) is 0 Å². The van der Waals surface area contributed by atoms with Gasteiger partial charge in [0.15, 0.2) is 0 Å². The molecule has 6 rings (SSSR count). The topological polar surface area (TPSA) is 64.5 Å². The van der Waals surface area contributed by atoms with Crippen LogP contribution in [0.3, 0.4) is 0 Å². The van der Waals surface area contributed by atoms with Crippen LogP contribution in [0.5, 0.6) is 11.5 Å². The van der Waals surface area contributed by atoms with Crippen molar-refractivity contribution in [3.05, 3.63) is 108 Å². The van der Waals surface area contributed by atoms with Crippen molar-refractivity contribution in [1.82, 2.24) is 0 Å². The normalized spacial score (nSPS) is 15.8. The maximum atomic E-state index is 5.20. The molecule has 8 nitrogen and oxygen atoms in total. The second-order valence-corrected chi connectivity index (χ2v) is 12.7. The average Bonchev–Trinajstić information content (AvgIpc) is 3.41. The summed E-state index contributed by atoms with van der Waals surface area (Å²) >= 11 is 0. The second kappa shape index (κ2) is 13.6. The van der Waals surface area contributed by atoms with Crippen molar-refractivity contribution in [2.75, 3.05) is 45.8 Å². The van der Waals surface area contributed by atoms with Gasteiger partial charge in [0.2, 0.25) is 22.8 Å². The number of hydrogen-bond donors (Lipinski definition) is 1. The molecule has 0 atom stereocenters. The molecule has 2 aliphatic rings. The van der Waals surface area contributed by atoms with E-state index in [1.165, 1.54) is 33.9 Å². The maximum absolute atomic E-state index is 5.20. The van der Waals surface area contributed by atoms with Crippen molar-refractivity contribution in [3.63, 3.8) is 0 Å². The Morgan fingerprint density at radius 3 is 1.55 bits per heavy atom. The monoisotopic (exact) mass is 630 g/mol. The number of rotatable bonds is 8. The molecule has 0 saturated heterocycles. The molecule has 0 fully saturated rings. The Balaban J connectivity index is 0.000000185. The third-order valence-corrected chi connectivity index (χ3v) is 9.15. The van der Waals surface area contributed by atoms with Crippen LogP contribution in [0, 0.1) is 0 Å². The number of hydrogen-bond acceptors (Lipinski definition) is 6. The van der Waals surface area contributed by atoms with E-state index in [2.05, 4.69) is 115 Å². The lowest BCUT2D eigenvalue weighted by atomic mass is 9.82. The van der Waals surface area contributed by atoms with E-state index in [0.29, 0.717) is 0 Å². The molecule has 0 aliphatic carbocycles. The minimum Gasteiger partial charge on any atom is -0.497 e. The van der Waals surface area contributed by atoms with Gasteiger partial charge < -0.3 is 9.47 Å². The van der Waals surface area contributed by atoms with Crippen LogP contribution in [0.2, 0.25) is 0 Å². The Morgan fingerprint density at radius 2 is 1.09 bits per heavy atom. The molecule has 8 heteroatoms. The molecule has 4 aromatic rings. The number of nitrogens with one attached hydrogen (secondary N) is 1. The van der Waals surface area contributed by atoms with Gasteiger partial charge in [-0.05, 0) is 76.2 Å². The van der Waals surface area contributed by atoms with Crippen molar-refractivity contribution in [3.8, 4) is 11.5 Å². The lowest BCUT2D eigenvalue weighted by molar-refractivity contribution is -0.400. The minimum atomic E-state index is -0.0599. The third kappa shape index (κ3) is 6.68. The van der Waals surface area contributed by atoms with Crippen LogP contribution in [-0.2, 0) is 10.8 Å². The molecular formula is C39H46N6O2+2. The summed E-state index contributed by atoms with van der Waals surface area (Å²) in [5.74, 6) is 1.68. The predicted octanol–water partition coefficient (Wildman–Crippen LogP) is 7.62. The van der Waals surface area contributed by atoms with Gasteiger partial charge in [-0.3, -0.25) is 10.4 Å². The molecule has 0 saturated carbocycles. The van der Waals surface area contributed by atoms with Crippen LogP contribution in [0.15, 0.2) is 107 Å². The molecule has 0 amide bonds. The van der Waals surface area contributed by atoms with Gasteiger partial charge in [-0.15, -0.1) is 0 Å². The number of benzene rings is 4. The van der Waals surface area contributed by atoms with E-state index in [0.717, 1.165) is 22.9 Å². The number of anilines is 2. The first-order valence-corrected chi connectivity index (χ1v) is 15.7. The first-order chi connectivity index (χ1) is 22.5. The quantitative estimate of drug-likeness (QED) is 0.124. The molecule has 0 unspecified atom stereocenters. The molecule has 47 heavy (non-hydrogen) atoms. The van der Waals surface area contributed by atoms with Crippen molar-refractivity contribution >= 4 is 46.6 Å². The number of ether oxygens (including phenoxy) is 2. The second-order valence-electron chi connectivity index (χ2n) is 12.7. The van der Waals surface area contributed by atoms with Crippen LogP contribution in [0.4, 0.5) is 22.7 Å². The van der Waals surface area contributed by atoms with Crippen LogP contribution in [0.25, 0.3) is 0 Å². The number of nitrogens with zero attached hydrogens (tertiary/aromatic N) is 5. The highest BCUT2D eigenvalue weighted by Gasteiger charge is 2.44. The highest BCUT2D eigenvalue weighted by Crippen LogP contribution is 2.39. The minimum absolute atomic E-state index is 0.0591. The van der Waals surface area contributed by atoms with Gasteiger partial charge in [-0.1, -0.05) is 36.4 Å². The SMILES string of the molecule is COc1ccc(N(C)/N=C/C2=[N+](C)c3ccccc3C2(C)C)cc1.COc1ccc(N/N=C/C2=[N+](C)c3ccccc3C2(C)C)cc1. The molecule has 0 bridgehead atoms. The molecule has 2 aliphatic heterocycles. The first-order valence-electron chi connectivity index (χ1n) is 15.7. The highest BCUT2D eigenvalue weighted by molar-refractivity contribution is 6.34. The van der Waals surface area contributed by atoms with Crippen LogP contribution < -0.4 is 19.9 Å². The molecule has 0 radical (unpaired) electrons. The van der Waals surface area contributed by atoms with E-state index in [1.807, 2.05) is 73.0 Å². The molecule has 1 N–H and O–H groups in total. The number of hydrazone groups is 2. The van der Waals surface area contributed by atoms with E-state index in [-0.39, 0.29) is 10.8 Å². The average molecular weight is 631 g/mol. The van der Waals surface area contributed by atoms with E-state index >= 15 is 0 Å². The fourth-order valence-corrected chi connectivity index (χ4v) is 6.30. The summed E-state index contributed by atoms with van der Waals surface area (Å²) in [7, 11) is 9.47. The number of fused-ring (bicyclic) bond motifs is 2. The predicted molar refractivity (Wildman–Crippen MR) is 196 cm³/mol. The van der Waals surface area contributed by atoms with Crippen molar-refractivity contribution in [2.45, 2.75) is 38.5 Å². The van der Waals surface area contributed by atoms with E-state index in [4.69, 9.17) is 9.47 Å². The lowest BCUT2D eigenvalue weighted by Crippen LogP contribution is -2.30. The van der Waals surface area contributed by atoms with E-state index in [1.54, 1.807) is 14.2 Å². The molecule has 0 aromatic heterocycles. The summed E-state index contributed by atoms with van der Waals surface area (Å²) < 4.78 is 14.8. The van der Waals surface area contributed by atoms with Gasteiger partial charge in [0.25, 0.3) is 0 Å². The summed E-state index contributed by atoms with van der Waals surface area (Å²) in [6, 6.07) is 32.6. The zero-order chi connectivity index (χ0) is 33.8. The summed E-state index contributed by atoms with van der Waals surface area (Å²) in [4.78, 5) is 0. The zero-order valence-electron chi connectivity index (χ0n) is 28.9. The van der Waals surface area contributed by atoms with Gasteiger partial charge in [0, 0.05) is 30.3 Å². The fourth-order valence-electron chi connectivity index (χ4n) is 6.30. The van der Waals surface area contributed by atoms with Gasteiger partial charge in [0.1, 0.15) is 38.0 Å².